The molecule has 0 spiro atoms. The van der Waals surface area contributed by atoms with E-state index < -0.39 is 12.0 Å². The molecule has 5 nitrogen and oxygen atoms in total. The van der Waals surface area contributed by atoms with E-state index in [1.165, 1.54) is 12.1 Å². The Kier molecular flexibility index (Phi) is 6.73. The predicted molar refractivity (Wildman–Crippen MR) is 122 cm³/mol. The molecule has 3 N–H and O–H groups in total. The van der Waals surface area contributed by atoms with Crippen molar-refractivity contribution in [1.82, 2.24) is 10.3 Å². The Morgan fingerprint density at radius 3 is 2.66 bits per heavy atom. The van der Waals surface area contributed by atoms with Gasteiger partial charge in [0, 0.05) is 40.7 Å². The summed E-state index contributed by atoms with van der Waals surface area (Å²) in [5.74, 6) is -0.659. The van der Waals surface area contributed by atoms with Gasteiger partial charge >= 0.3 is 5.97 Å². The maximum atomic E-state index is 13.1. The molecule has 0 aliphatic carbocycles. The first-order valence-electron chi connectivity index (χ1n) is 10.2. The van der Waals surface area contributed by atoms with Crippen LogP contribution in [0.4, 0.5) is 4.39 Å². The zero-order chi connectivity index (χ0) is 22.5. The number of fused-ring (bicyclic) bond motifs is 1. The predicted octanol–water partition coefficient (Wildman–Crippen LogP) is 5.32. The van der Waals surface area contributed by atoms with E-state index in [2.05, 4.69) is 10.3 Å². The summed E-state index contributed by atoms with van der Waals surface area (Å²) in [4.78, 5) is 15.1. The summed E-state index contributed by atoms with van der Waals surface area (Å²) in [5, 5.41) is 14.4. The highest BCUT2D eigenvalue weighted by molar-refractivity contribution is 6.30. The maximum absolute atomic E-state index is 13.1. The Morgan fingerprint density at radius 2 is 1.88 bits per heavy atom. The Bertz CT molecular complexity index is 1220. The monoisotopic (exact) mass is 452 g/mol. The topological polar surface area (TPSA) is 74.3 Å². The molecule has 32 heavy (non-hydrogen) atoms. The summed E-state index contributed by atoms with van der Waals surface area (Å²) in [5.41, 5.74) is 3.46. The standard InChI is InChI=1S/C25H22ClFN2O3/c26-19-7-10-24(32-15-16-5-8-20(27)9-6-16)18(11-19)14-29-23(25(30)31)12-17-13-28-22-4-2-1-3-21(17)22/h1-11,13,23,28-29H,12,14-15H2,(H,30,31)/t23-/m0/s1. The average Bonchev–Trinajstić information content (AvgIpc) is 3.19. The van der Waals surface area contributed by atoms with Gasteiger partial charge in [-0.05, 0) is 47.5 Å². The molecule has 0 aliphatic rings. The highest BCUT2D eigenvalue weighted by Gasteiger charge is 2.20. The van der Waals surface area contributed by atoms with Gasteiger partial charge in [-0.1, -0.05) is 41.9 Å². The van der Waals surface area contributed by atoms with Crippen LogP contribution in [0.1, 0.15) is 16.7 Å². The van der Waals surface area contributed by atoms with Crippen molar-refractivity contribution < 1.29 is 19.0 Å². The van der Waals surface area contributed by atoms with Gasteiger partial charge in [0.15, 0.2) is 0 Å². The van der Waals surface area contributed by atoms with Crippen molar-refractivity contribution in [2.24, 2.45) is 0 Å². The Balaban J connectivity index is 1.46. The van der Waals surface area contributed by atoms with Crippen molar-refractivity contribution in [3.05, 3.63) is 100 Å². The van der Waals surface area contributed by atoms with Crippen molar-refractivity contribution in [3.63, 3.8) is 0 Å². The number of carbonyl (C=O) groups is 1. The minimum atomic E-state index is -0.939. The lowest BCUT2D eigenvalue weighted by atomic mass is 10.0. The van der Waals surface area contributed by atoms with Gasteiger partial charge < -0.3 is 14.8 Å². The Hall–Kier alpha value is -3.35. The molecule has 1 aromatic heterocycles. The van der Waals surface area contributed by atoms with E-state index in [-0.39, 0.29) is 19.0 Å². The minimum absolute atomic E-state index is 0.257. The molecule has 4 rings (SSSR count). The number of carboxylic acid groups (broad SMARTS) is 1. The Morgan fingerprint density at radius 1 is 1.09 bits per heavy atom. The molecule has 1 atom stereocenters. The van der Waals surface area contributed by atoms with E-state index in [1.54, 1.807) is 30.3 Å². The number of nitrogens with one attached hydrogen (secondary N) is 2. The van der Waals surface area contributed by atoms with E-state index in [1.807, 2.05) is 30.5 Å². The fourth-order valence-electron chi connectivity index (χ4n) is 3.57. The number of aromatic nitrogens is 1. The van der Waals surface area contributed by atoms with Crippen molar-refractivity contribution in [1.29, 1.82) is 0 Å². The lowest BCUT2D eigenvalue weighted by molar-refractivity contribution is -0.139. The molecule has 0 aliphatic heterocycles. The summed E-state index contributed by atoms with van der Waals surface area (Å²) in [7, 11) is 0. The molecule has 0 saturated heterocycles. The van der Waals surface area contributed by atoms with Gasteiger partial charge in [-0.3, -0.25) is 10.1 Å². The number of carboxylic acids is 1. The van der Waals surface area contributed by atoms with Crippen molar-refractivity contribution >= 4 is 28.5 Å². The molecule has 4 aromatic rings. The molecular formula is C25H22ClFN2O3. The number of benzene rings is 3. The fourth-order valence-corrected chi connectivity index (χ4v) is 3.76. The quantitative estimate of drug-likeness (QED) is 0.321. The molecule has 0 bridgehead atoms. The van der Waals surface area contributed by atoms with Crippen LogP contribution in [-0.2, 0) is 24.4 Å². The van der Waals surface area contributed by atoms with Crippen molar-refractivity contribution in [2.45, 2.75) is 25.6 Å². The van der Waals surface area contributed by atoms with E-state index in [0.29, 0.717) is 17.2 Å². The maximum Gasteiger partial charge on any atom is 0.321 e. The third kappa shape index (κ3) is 5.28. The second-order valence-corrected chi connectivity index (χ2v) is 7.94. The number of hydrogen-bond acceptors (Lipinski definition) is 3. The Labute approximate surface area is 189 Å². The van der Waals surface area contributed by atoms with Crippen LogP contribution in [0.5, 0.6) is 5.75 Å². The molecular weight excluding hydrogens is 431 g/mol. The summed E-state index contributed by atoms with van der Waals surface area (Å²) in [6, 6.07) is 18.3. The molecule has 0 fully saturated rings. The lowest BCUT2D eigenvalue weighted by Gasteiger charge is -2.17. The number of halogens is 2. The normalized spacial score (nSPS) is 12.1. The average molecular weight is 453 g/mol. The lowest BCUT2D eigenvalue weighted by Crippen LogP contribution is -2.38. The van der Waals surface area contributed by atoms with Gasteiger partial charge in [-0.2, -0.15) is 0 Å². The van der Waals surface area contributed by atoms with E-state index in [9.17, 15) is 14.3 Å². The van der Waals surface area contributed by atoms with Crippen LogP contribution in [0, 0.1) is 5.82 Å². The molecule has 7 heteroatoms. The third-order valence-corrected chi connectivity index (χ3v) is 5.50. The summed E-state index contributed by atoms with van der Waals surface area (Å²) < 4.78 is 19.0. The third-order valence-electron chi connectivity index (χ3n) is 5.27. The smallest absolute Gasteiger partial charge is 0.321 e. The second-order valence-electron chi connectivity index (χ2n) is 7.50. The number of rotatable bonds is 9. The highest BCUT2D eigenvalue weighted by Crippen LogP contribution is 2.25. The van der Waals surface area contributed by atoms with Crippen LogP contribution in [0.2, 0.25) is 5.02 Å². The van der Waals surface area contributed by atoms with Gasteiger partial charge in [0.2, 0.25) is 0 Å². The molecule has 1 heterocycles. The van der Waals surface area contributed by atoms with Crippen molar-refractivity contribution in [2.75, 3.05) is 0 Å². The SMILES string of the molecule is O=C(O)[C@H](Cc1c[nH]c2ccccc12)NCc1cc(Cl)ccc1OCc1ccc(F)cc1. The van der Waals surface area contributed by atoms with Gasteiger partial charge in [0.1, 0.15) is 24.2 Å². The van der Waals surface area contributed by atoms with E-state index >= 15 is 0 Å². The second kappa shape index (κ2) is 9.85. The number of hydrogen-bond donors (Lipinski definition) is 3. The molecule has 0 radical (unpaired) electrons. The number of aliphatic carboxylic acids is 1. The molecule has 164 valence electrons. The largest absolute Gasteiger partial charge is 0.489 e. The summed E-state index contributed by atoms with van der Waals surface area (Å²) >= 11 is 6.16. The first kappa shape index (κ1) is 21.9. The van der Waals surface area contributed by atoms with E-state index in [4.69, 9.17) is 16.3 Å². The van der Waals surface area contributed by atoms with E-state index in [0.717, 1.165) is 27.6 Å². The highest BCUT2D eigenvalue weighted by atomic mass is 35.5. The van der Waals surface area contributed by atoms with Gasteiger partial charge in [-0.15, -0.1) is 0 Å². The van der Waals surface area contributed by atoms with Crippen molar-refractivity contribution in [3.8, 4) is 5.75 Å². The zero-order valence-electron chi connectivity index (χ0n) is 17.1. The fraction of sp³-hybridized carbons (Fsp3) is 0.160. The van der Waals surface area contributed by atoms with Gasteiger partial charge in [0.05, 0.1) is 0 Å². The number of H-pyrrole nitrogens is 1. The minimum Gasteiger partial charge on any atom is -0.489 e. The number of aromatic amines is 1. The van der Waals surface area contributed by atoms with Gasteiger partial charge in [-0.25, -0.2) is 4.39 Å². The molecule has 0 saturated carbocycles. The molecule has 0 amide bonds. The first-order valence-corrected chi connectivity index (χ1v) is 10.5. The summed E-state index contributed by atoms with van der Waals surface area (Å²) in [6.45, 7) is 0.519. The molecule has 3 aromatic carbocycles. The molecule has 0 unspecified atom stereocenters. The zero-order valence-corrected chi connectivity index (χ0v) is 17.9. The summed E-state index contributed by atoms with van der Waals surface area (Å²) in [6.07, 6.45) is 2.17. The van der Waals surface area contributed by atoms with Crippen LogP contribution in [0.3, 0.4) is 0 Å². The van der Waals surface area contributed by atoms with Gasteiger partial charge in [0.25, 0.3) is 0 Å². The van der Waals surface area contributed by atoms with Crippen LogP contribution in [-0.4, -0.2) is 22.1 Å². The van der Waals surface area contributed by atoms with Crippen LogP contribution in [0.15, 0.2) is 72.9 Å². The van der Waals surface area contributed by atoms with Crippen LogP contribution in [0.25, 0.3) is 10.9 Å². The van der Waals surface area contributed by atoms with Crippen LogP contribution >= 0.6 is 11.6 Å². The van der Waals surface area contributed by atoms with Crippen LogP contribution < -0.4 is 10.1 Å². The first-order chi connectivity index (χ1) is 15.5. The number of para-hydroxylation sites is 1. The number of ether oxygens (including phenoxy) is 1.